The molecule has 0 spiro atoms. The lowest BCUT2D eigenvalue weighted by atomic mass is 9.90. The Morgan fingerprint density at radius 3 is 2.90 bits per heavy atom. The quantitative estimate of drug-likeness (QED) is 0.901. The summed E-state index contributed by atoms with van der Waals surface area (Å²) in [6.07, 6.45) is 5.46. The van der Waals surface area contributed by atoms with E-state index in [4.69, 9.17) is 0 Å². The normalized spacial score (nSPS) is 33.3. The predicted octanol–water partition coefficient (Wildman–Crippen LogP) is 2.75. The van der Waals surface area contributed by atoms with Gasteiger partial charge in [0.05, 0.1) is 0 Å². The highest BCUT2D eigenvalue weighted by Crippen LogP contribution is 2.34. The third-order valence-electron chi connectivity index (χ3n) is 5.92. The summed E-state index contributed by atoms with van der Waals surface area (Å²) in [6.45, 7) is 4.94. The van der Waals surface area contributed by atoms with Crippen molar-refractivity contribution in [3.8, 4) is 0 Å². The molecule has 0 aromatic heterocycles. The first-order valence-corrected chi connectivity index (χ1v) is 8.58. The average Bonchev–Trinajstić information content (AvgIpc) is 2.76. The van der Waals surface area contributed by atoms with Crippen LogP contribution in [0.25, 0.3) is 0 Å². The summed E-state index contributed by atoms with van der Waals surface area (Å²) in [7, 11) is 2.34. The second-order valence-corrected chi connectivity index (χ2v) is 7.10. The van der Waals surface area contributed by atoms with Crippen LogP contribution >= 0.6 is 0 Å². The van der Waals surface area contributed by atoms with Gasteiger partial charge in [-0.15, -0.1) is 0 Å². The first kappa shape index (κ1) is 13.6. The van der Waals surface area contributed by atoms with E-state index in [1.165, 1.54) is 56.6 Å². The van der Waals surface area contributed by atoms with Crippen molar-refractivity contribution in [3.05, 3.63) is 29.8 Å². The SMILES string of the molecule is CN1C2CCC1CN(CC1CCNc3ccccc31)CC2. The zero-order valence-electron chi connectivity index (χ0n) is 13.1. The lowest BCUT2D eigenvalue weighted by Gasteiger charge is -2.33. The maximum absolute atomic E-state index is 3.55. The van der Waals surface area contributed by atoms with Crippen LogP contribution in [0.2, 0.25) is 0 Å². The first-order valence-electron chi connectivity index (χ1n) is 8.58. The van der Waals surface area contributed by atoms with E-state index in [2.05, 4.69) is 46.4 Å². The van der Waals surface area contributed by atoms with Crippen LogP contribution in [0.3, 0.4) is 0 Å². The van der Waals surface area contributed by atoms with Crippen LogP contribution in [0.1, 0.15) is 37.2 Å². The Morgan fingerprint density at radius 1 is 1.10 bits per heavy atom. The standard InChI is InChI=1S/C18H27N3/c1-20-15-6-7-16(20)13-21(11-9-15)12-14-8-10-19-18-5-3-2-4-17(14)18/h2-5,14-16,19H,6-13H2,1H3. The monoisotopic (exact) mass is 285 g/mol. The summed E-state index contributed by atoms with van der Waals surface area (Å²) in [5.41, 5.74) is 2.90. The van der Waals surface area contributed by atoms with Gasteiger partial charge in [-0.3, -0.25) is 4.90 Å². The number of benzene rings is 1. The van der Waals surface area contributed by atoms with E-state index in [1.807, 2.05) is 0 Å². The number of anilines is 1. The molecule has 1 aromatic rings. The molecule has 4 rings (SSSR count). The highest BCUT2D eigenvalue weighted by molar-refractivity contribution is 5.54. The fraction of sp³-hybridized carbons (Fsp3) is 0.667. The molecule has 0 aliphatic carbocycles. The third kappa shape index (κ3) is 2.58. The Kier molecular flexibility index (Phi) is 3.64. The summed E-state index contributed by atoms with van der Waals surface area (Å²) >= 11 is 0. The van der Waals surface area contributed by atoms with Gasteiger partial charge in [0.1, 0.15) is 0 Å². The van der Waals surface area contributed by atoms with Gasteiger partial charge in [0.15, 0.2) is 0 Å². The van der Waals surface area contributed by atoms with Crippen molar-refractivity contribution in [2.75, 3.05) is 38.5 Å². The lowest BCUT2D eigenvalue weighted by Crippen LogP contribution is -2.39. The van der Waals surface area contributed by atoms with Crippen LogP contribution in [-0.4, -0.2) is 55.1 Å². The summed E-state index contributed by atoms with van der Waals surface area (Å²) in [5, 5.41) is 3.55. The zero-order valence-corrected chi connectivity index (χ0v) is 13.1. The van der Waals surface area contributed by atoms with Crippen LogP contribution < -0.4 is 5.32 Å². The largest absolute Gasteiger partial charge is 0.385 e. The second kappa shape index (κ2) is 5.62. The van der Waals surface area contributed by atoms with Gasteiger partial charge in [0, 0.05) is 43.3 Å². The van der Waals surface area contributed by atoms with Gasteiger partial charge >= 0.3 is 0 Å². The Labute approximate surface area is 128 Å². The molecule has 3 aliphatic rings. The van der Waals surface area contributed by atoms with Gasteiger partial charge < -0.3 is 10.2 Å². The molecule has 2 fully saturated rings. The maximum Gasteiger partial charge on any atom is 0.0376 e. The van der Waals surface area contributed by atoms with Gasteiger partial charge in [-0.05, 0) is 50.9 Å². The maximum atomic E-state index is 3.55. The highest BCUT2D eigenvalue weighted by atomic mass is 15.3. The fourth-order valence-corrected chi connectivity index (χ4v) is 4.60. The van der Waals surface area contributed by atoms with Gasteiger partial charge in [-0.2, -0.15) is 0 Å². The smallest absolute Gasteiger partial charge is 0.0376 e. The van der Waals surface area contributed by atoms with Crippen LogP contribution in [0.5, 0.6) is 0 Å². The van der Waals surface area contributed by atoms with Gasteiger partial charge in [-0.1, -0.05) is 18.2 Å². The molecule has 0 radical (unpaired) electrons. The molecular formula is C18H27N3. The molecule has 0 amide bonds. The van der Waals surface area contributed by atoms with Crippen molar-refractivity contribution in [2.45, 2.75) is 43.7 Å². The summed E-state index contributed by atoms with van der Waals surface area (Å²) in [5.74, 6) is 0.712. The number of nitrogens with one attached hydrogen (secondary N) is 1. The van der Waals surface area contributed by atoms with Crippen molar-refractivity contribution < 1.29 is 0 Å². The average molecular weight is 285 g/mol. The van der Waals surface area contributed by atoms with E-state index in [9.17, 15) is 0 Å². The number of para-hydroxylation sites is 1. The molecule has 3 aliphatic heterocycles. The minimum atomic E-state index is 0.712. The molecule has 3 atom stereocenters. The number of hydrogen-bond donors (Lipinski definition) is 1. The summed E-state index contributed by atoms with van der Waals surface area (Å²) < 4.78 is 0. The number of likely N-dealkylation sites (N-methyl/N-ethyl adjacent to an activating group) is 1. The van der Waals surface area contributed by atoms with Crippen molar-refractivity contribution >= 4 is 5.69 Å². The molecule has 1 N–H and O–H groups in total. The Hall–Kier alpha value is -1.06. The lowest BCUT2D eigenvalue weighted by molar-refractivity contribution is 0.210. The van der Waals surface area contributed by atoms with Crippen molar-refractivity contribution in [3.63, 3.8) is 0 Å². The molecule has 2 bridgehead atoms. The molecule has 3 nitrogen and oxygen atoms in total. The van der Waals surface area contributed by atoms with E-state index in [0.29, 0.717) is 5.92 Å². The summed E-state index contributed by atoms with van der Waals surface area (Å²) in [6, 6.07) is 10.5. The molecule has 21 heavy (non-hydrogen) atoms. The zero-order chi connectivity index (χ0) is 14.2. The predicted molar refractivity (Wildman–Crippen MR) is 87.9 cm³/mol. The van der Waals surface area contributed by atoms with Crippen LogP contribution in [0.4, 0.5) is 5.69 Å². The molecular weight excluding hydrogens is 258 g/mol. The topological polar surface area (TPSA) is 18.5 Å². The van der Waals surface area contributed by atoms with E-state index in [-0.39, 0.29) is 0 Å². The van der Waals surface area contributed by atoms with Crippen LogP contribution in [0, 0.1) is 0 Å². The number of likely N-dealkylation sites (tertiary alicyclic amines) is 1. The number of fused-ring (bicyclic) bond motifs is 3. The number of nitrogens with zero attached hydrogens (tertiary/aromatic N) is 2. The minimum Gasteiger partial charge on any atom is -0.385 e. The number of rotatable bonds is 2. The van der Waals surface area contributed by atoms with E-state index < -0.39 is 0 Å². The molecule has 0 saturated carbocycles. The van der Waals surface area contributed by atoms with Crippen molar-refractivity contribution in [1.82, 2.24) is 9.80 Å². The Balaban J connectivity index is 1.47. The Bertz CT molecular complexity index is 501. The van der Waals surface area contributed by atoms with Crippen molar-refractivity contribution in [2.24, 2.45) is 0 Å². The van der Waals surface area contributed by atoms with Gasteiger partial charge in [0.25, 0.3) is 0 Å². The molecule has 3 unspecified atom stereocenters. The number of hydrogen-bond acceptors (Lipinski definition) is 3. The van der Waals surface area contributed by atoms with E-state index >= 15 is 0 Å². The molecule has 2 saturated heterocycles. The van der Waals surface area contributed by atoms with E-state index in [0.717, 1.165) is 18.6 Å². The minimum absolute atomic E-state index is 0.712. The van der Waals surface area contributed by atoms with Gasteiger partial charge in [0.2, 0.25) is 0 Å². The molecule has 3 heterocycles. The Morgan fingerprint density at radius 2 is 1.95 bits per heavy atom. The van der Waals surface area contributed by atoms with Gasteiger partial charge in [-0.25, -0.2) is 0 Å². The third-order valence-corrected chi connectivity index (χ3v) is 5.92. The molecule has 1 aromatic carbocycles. The molecule has 3 heteroatoms. The molecule has 114 valence electrons. The van der Waals surface area contributed by atoms with Crippen molar-refractivity contribution in [1.29, 1.82) is 0 Å². The van der Waals surface area contributed by atoms with E-state index in [1.54, 1.807) is 0 Å². The second-order valence-electron chi connectivity index (χ2n) is 7.10. The highest BCUT2D eigenvalue weighted by Gasteiger charge is 2.35. The van der Waals surface area contributed by atoms with Crippen LogP contribution in [-0.2, 0) is 0 Å². The van der Waals surface area contributed by atoms with Crippen LogP contribution in [0.15, 0.2) is 24.3 Å². The first-order chi connectivity index (χ1) is 10.3. The summed E-state index contributed by atoms with van der Waals surface area (Å²) in [4.78, 5) is 5.39. The fourth-order valence-electron chi connectivity index (χ4n) is 4.60.